The zero-order chi connectivity index (χ0) is 13.4. The normalized spacial score (nSPS) is 26.3. The molecule has 2 atom stereocenters. The maximum Gasteiger partial charge on any atom is 0.248 e. The molecule has 2 aliphatic rings. The number of benzene rings is 1. The van der Waals surface area contributed by atoms with Gasteiger partial charge in [0.2, 0.25) is 5.91 Å². The molecule has 0 radical (unpaired) electrons. The monoisotopic (exact) mass is 279 g/mol. The Morgan fingerprint density at radius 2 is 2.05 bits per heavy atom. The summed E-state index contributed by atoms with van der Waals surface area (Å²) >= 11 is 6.13. The van der Waals surface area contributed by atoms with Crippen molar-refractivity contribution in [3.8, 4) is 0 Å². The molecule has 19 heavy (non-hydrogen) atoms. The lowest BCUT2D eigenvalue weighted by Gasteiger charge is -2.30. The molecular formula is C14H18ClN3O. The molecule has 4 nitrogen and oxygen atoms in total. The first-order valence-corrected chi connectivity index (χ1v) is 7.14. The van der Waals surface area contributed by atoms with E-state index >= 15 is 0 Å². The highest BCUT2D eigenvalue weighted by molar-refractivity contribution is 6.23. The molecule has 5 heteroatoms. The van der Waals surface area contributed by atoms with E-state index in [-0.39, 0.29) is 17.2 Å². The fourth-order valence-corrected chi connectivity index (χ4v) is 3.01. The van der Waals surface area contributed by atoms with E-state index < -0.39 is 0 Å². The molecular weight excluding hydrogens is 262 g/mol. The Hall–Kier alpha value is -1.26. The summed E-state index contributed by atoms with van der Waals surface area (Å²) in [6.45, 7) is 3.97. The zero-order valence-corrected chi connectivity index (χ0v) is 11.5. The predicted octanol–water partition coefficient (Wildman–Crippen LogP) is 1.29. The van der Waals surface area contributed by atoms with Gasteiger partial charge in [0.1, 0.15) is 0 Å². The standard InChI is InChI=1S/C14H18ClN3O/c15-13-8-12(13)11-7-9(1-2-10(11)14(16)19)18-5-3-17-4-6-18/h1-2,7,12-13,17H,3-6,8H2,(H2,16,19). The molecule has 1 amide bonds. The number of nitrogens with one attached hydrogen (secondary N) is 1. The molecule has 3 N–H and O–H groups in total. The summed E-state index contributed by atoms with van der Waals surface area (Å²) < 4.78 is 0. The van der Waals surface area contributed by atoms with Gasteiger partial charge in [-0.3, -0.25) is 4.79 Å². The highest BCUT2D eigenvalue weighted by atomic mass is 35.5. The first kappa shape index (κ1) is 12.8. The largest absolute Gasteiger partial charge is 0.369 e. The second kappa shape index (κ2) is 5.02. The van der Waals surface area contributed by atoms with Crippen molar-refractivity contribution in [2.75, 3.05) is 31.1 Å². The molecule has 1 aliphatic carbocycles. The minimum absolute atomic E-state index is 0.149. The van der Waals surface area contributed by atoms with Crippen LogP contribution < -0.4 is 16.0 Å². The van der Waals surface area contributed by atoms with Crippen LogP contribution in [0.5, 0.6) is 0 Å². The summed E-state index contributed by atoms with van der Waals surface area (Å²) in [6, 6.07) is 5.93. The number of rotatable bonds is 3. The minimum Gasteiger partial charge on any atom is -0.369 e. The van der Waals surface area contributed by atoms with Gasteiger partial charge in [-0.15, -0.1) is 11.6 Å². The number of anilines is 1. The van der Waals surface area contributed by atoms with E-state index in [1.54, 1.807) is 0 Å². The van der Waals surface area contributed by atoms with Crippen LogP contribution in [0.2, 0.25) is 0 Å². The summed E-state index contributed by atoms with van der Waals surface area (Å²) in [5, 5.41) is 3.48. The van der Waals surface area contributed by atoms with E-state index in [0.29, 0.717) is 5.56 Å². The third-order valence-corrected chi connectivity index (χ3v) is 4.38. The number of hydrogen-bond acceptors (Lipinski definition) is 3. The Kier molecular flexibility index (Phi) is 3.37. The Morgan fingerprint density at radius 3 is 2.63 bits per heavy atom. The average molecular weight is 280 g/mol. The van der Waals surface area contributed by atoms with Gasteiger partial charge in [0.05, 0.1) is 0 Å². The van der Waals surface area contributed by atoms with Crippen LogP contribution in [0.25, 0.3) is 0 Å². The average Bonchev–Trinajstić information content (AvgIpc) is 3.16. The van der Waals surface area contributed by atoms with Crippen molar-refractivity contribution in [3.05, 3.63) is 29.3 Å². The summed E-state index contributed by atoms with van der Waals surface area (Å²) in [5.74, 6) is -0.0790. The number of carbonyl (C=O) groups is 1. The smallest absolute Gasteiger partial charge is 0.248 e. The molecule has 2 unspecified atom stereocenters. The fourth-order valence-electron chi connectivity index (χ4n) is 2.69. The van der Waals surface area contributed by atoms with Crippen LogP contribution in [-0.2, 0) is 0 Å². The Balaban J connectivity index is 1.92. The lowest BCUT2D eigenvalue weighted by molar-refractivity contribution is 0.0999. The fraction of sp³-hybridized carbons (Fsp3) is 0.500. The van der Waals surface area contributed by atoms with Gasteiger partial charge >= 0.3 is 0 Å². The van der Waals surface area contributed by atoms with Crippen LogP contribution in [0.1, 0.15) is 28.3 Å². The summed E-state index contributed by atoms with van der Waals surface area (Å²) in [6.07, 6.45) is 0.937. The van der Waals surface area contributed by atoms with Gasteiger partial charge in [0, 0.05) is 48.7 Å². The second-order valence-corrected chi connectivity index (χ2v) is 5.79. The van der Waals surface area contributed by atoms with E-state index in [4.69, 9.17) is 17.3 Å². The van der Waals surface area contributed by atoms with Crippen molar-refractivity contribution < 1.29 is 4.79 Å². The molecule has 1 aromatic carbocycles. The molecule has 1 saturated heterocycles. The highest BCUT2D eigenvalue weighted by Crippen LogP contribution is 2.47. The van der Waals surface area contributed by atoms with Crippen LogP contribution in [0, 0.1) is 0 Å². The van der Waals surface area contributed by atoms with Crippen molar-refractivity contribution in [2.24, 2.45) is 5.73 Å². The Bertz CT molecular complexity index is 499. The predicted molar refractivity (Wildman–Crippen MR) is 77.0 cm³/mol. The third-order valence-electron chi connectivity index (χ3n) is 3.89. The van der Waals surface area contributed by atoms with E-state index in [2.05, 4.69) is 16.3 Å². The lowest BCUT2D eigenvalue weighted by atomic mass is 10.0. The number of halogens is 1. The van der Waals surface area contributed by atoms with Gasteiger partial charge in [-0.1, -0.05) is 0 Å². The van der Waals surface area contributed by atoms with Crippen LogP contribution >= 0.6 is 11.6 Å². The summed E-state index contributed by atoms with van der Waals surface area (Å²) in [4.78, 5) is 13.8. The van der Waals surface area contributed by atoms with Crippen molar-refractivity contribution in [1.29, 1.82) is 0 Å². The molecule has 1 aromatic rings. The number of carbonyl (C=O) groups excluding carboxylic acids is 1. The number of piperazine rings is 1. The number of nitrogens with two attached hydrogens (primary N) is 1. The number of primary amides is 1. The van der Waals surface area contributed by atoms with Gasteiger partial charge in [-0.05, 0) is 30.2 Å². The van der Waals surface area contributed by atoms with Crippen molar-refractivity contribution in [2.45, 2.75) is 17.7 Å². The van der Waals surface area contributed by atoms with E-state index in [1.807, 2.05) is 12.1 Å². The number of nitrogens with zero attached hydrogens (tertiary/aromatic N) is 1. The minimum atomic E-state index is -0.363. The molecule has 0 spiro atoms. The zero-order valence-electron chi connectivity index (χ0n) is 10.7. The van der Waals surface area contributed by atoms with Crippen LogP contribution in [0.4, 0.5) is 5.69 Å². The number of hydrogen-bond donors (Lipinski definition) is 2. The SMILES string of the molecule is NC(=O)c1ccc(N2CCNCC2)cc1C1CC1Cl. The first-order chi connectivity index (χ1) is 9.16. The topological polar surface area (TPSA) is 58.4 Å². The quantitative estimate of drug-likeness (QED) is 0.820. The van der Waals surface area contributed by atoms with E-state index in [9.17, 15) is 4.79 Å². The maximum atomic E-state index is 11.5. The van der Waals surface area contributed by atoms with Gasteiger partial charge in [0.15, 0.2) is 0 Å². The summed E-state index contributed by atoms with van der Waals surface area (Å²) in [5.41, 5.74) is 8.25. The van der Waals surface area contributed by atoms with Gasteiger partial charge in [-0.2, -0.15) is 0 Å². The highest BCUT2D eigenvalue weighted by Gasteiger charge is 2.39. The van der Waals surface area contributed by atoms with Crippen molar-refractivity contribution >= 4 is 23.2 Å². The van der Waals surface area contributed by atoms with Crippen LogP contribution in [0.15, 0.2) is 18.2 Å². The molecule has 1 aliphatic heterocycles. The van der Waals surface area contributed by atoms with Crippen molar-refractivity contribution in [3.63, 3.8) is 0 Å². The van der Waals surface area contributed by atoms with E-state index in [1.165, 1.54) is 0 Å². The second-order valence-electron chi connectivity index (χ2n) is 5.23. The number of amides is 1. The van der Waals surface area contributed by atoms with Crippen molar-refractivity contribution in [1.82, 2.24) is 5.32 Å². The number of alkyl halides is 1. The molecule has 102 valence electrons. The van der Waals surface area contributed by atoms with E-state index in [0.717, 1.165) is 43.9 Å². The summed E-state index contributed by atoms with van der Waals surface area (Å²) in [7, 11) is 0. The third kappa shape index (κ3) is 2.55. The Labute approximate surface area is 117 Å². The van der Waals surface area contributed by atoms with Crippen LogP contribution in [0.3, 0.4) is 0 Å². The maximum absolute atomic E-state index is 11.5. The van der Waals surface area contributed by atoms with Crippen LogP contribution in [-0.4, -0.2) is 37.5 Å². The lowest BCUT2D eigenvalue weighted by Crippen LogP contribution is -2.43. The Morgan fingerprint density at radius 1 is 1.37 bits per heavy atom. The molecule has 0 aromatic heterocycles. The first-order valence-electron chi connectivity index (χ1n) is 6.70. The molecule has 0 bridgehead atoms. The molecule has 1 heterocycles. The van der Waals surface area contributed by atoms with Gasteiger partial charge in [0.25, 0.3) is 0 Å². The van der Waals surface area contributed by atoms with Gasteiger partial charge in [-0.25, -0.2) is 0 Å². The molecule has 1 saturated carbocycles. The molecule has 3 rings (SSSR count). The molecule has 2 fully saturated rings. The van der Waals surface area contributed by atoms with Gasteiger partial charge < -0.3 is 16.0 Å².